The second kappa shape index (κ2) is 6.12. The Hall–Kier alpha value is -1.46. The number of carboxylic acid groups (broad SMARTS) is 1. The van der Waals surface area contributed by atoms with Crippen molar-refractivity contribution in [3.05, 3.63) is 5.82 Å². The summed E-state index contributed by atoms with van der Waals surface area (Å²) in [7, 11) is 0. The van der Waals surface area contributed by atoms with Crippen molar-refractivity contribution in [1.29, 1.82) is 0 Å². The molecule has 116 valence electrons. The van der Waals surface area contributed by atoms with E-state index in [9.17, 15) is 4.79 Å². The van der Waals surface area contributed by atoms with E-state index in [-0.39, 0.29) is 0 Å². The van der Waals surface area contributed by atoms with E-state index in [1.165, 1.54) is 38.5 Å². The number of aliphatic carboxylic acids is 1. The quantitative estimate of drug-likeness (QED) is 0.922. The predicted molar refractivity (Wildman–Crippen MR) is 76.7 cm³/mol. The van der Waals surface area contributed by atoms with Crippen LogP contribution in [0.15, 0.2) is 0 Å². The summed E-state index contributed by atoms with van der Waals surface area (Å²) < 4.78 is 1.71. The van der Waals surface area contributed by atoms with E-state index in [1.807, 2.05) is 0 Å². The molecule has 2 fully saturated rings. The van der Waals surface area contributed by atoms with Crippen LogP contribution in [0.25, 0.3) is 0 Å². The SMILES string of the molecule is CC(Cn1nnnc1C1CCC2CCCCC2C1)C(=O)O. The molecular formula is C15H24N4O2. The molecule has 4 unspecified atom stereocenters. The van der Waals surface area contributed by atoms with E-state index in [1.54, 1.807) is 11.6 Å². The molecule has 6 nitrogen and oxygen atoms in total. The summed E-state index contributed by atoms with van der Waals surface area (Å²) >= 11 is 0. The average molecular weight is 292 g/mol. The first-order valence-electron chi connectivity index (χ1n) is 8.14. The Morgan fingerprint density at radius 1 is 1.29 bits per heavy atom. The summed E-state index contributed by atoms with van der Waals surface area (Å²) in [6, 6.07) is 0. The molecule has 0 aromatic carbocycles. The van der Waals surface area contributed by atoms with Crippen molar-refractivity contribution >= 4 is 5.97 Å². The van der Waals surface area contributed by atoms with E-state index >= 15 is 0 Å². The van der Waals surface area contributed by atoms with Gasteiger partial charge in [0.15, 0.2) is 5.82 Å². The molecule has 0 saturated heterocycles. The highest BCUT2D eigenvalue weighted by Gasteiger charge is 2.35. The smallest absolute Gasteiger partial charge is 0.308 e. The molecule has 1 aromatic rings. The van der Waals surface area contributed by atoms with Gasteiger partial charge in [-0.05, 0) is 41.5 Å². The van der Waals surface area contributed by atoms with E-state index in [2.05, 4.69) is 15.5 Å². The van der Waals surface area contributed by atoms with Crippen LogP contribution in [-0.2, 0) is 11.3 Å². The third-order valence-electron chi connectivity index (χ3n) is 5.33. The van der Waals surface area contributed by atoms with Crippen LogP contribution in [0.2, 0.25) is 0 Å². The fourth-order valence-corrected chi connectivity index (χ4v) is 4.08. The van der Waals surface area contributed by atoms with Crippen molar-refractivity contribution in [2.75, 3.05) is 0 Å². The predicted octanol–water partition coefficient (Wildman–Crippen LogP) is 2.47. The molecule has 0 bridgehead atoms. The zero-order valence-electron chi connectivity index (χ0n) is 12.6. The number of hydrogen-bond donors (Lipinski definition) is 1. The van der Waals surface area contributed by atoms with Gasteiger partial charge in [-0.15, -0.1) is 5.10 Å². The molecular weight excluding hydrogens is 268 g/mol. The summed E-state index contributed by atoms with van der Waals surface area (Å²) in [6.07, 6.45) is 9.06. The summed E-state index contributed by atoms with van der Waals surface area (Å²) in [6.45, 7) is 2.06. The van der Waals surface area contributed by atoms with Crippen molar-refractivity contribution in [2.45, 2.75) is 64.3 Å². The molecule has 0 spiro atoms. The molecule has 4 atom stereocenters. The molecule has 3 rings (SSSR count). The number of rotatable bonds is 4. The lowest BCUT2D eigenvalue weighted by molar-refractivity contribution is -0.141. The van der Waals surface area contributed by atoms with Gasteiger partial charge in [-0.25, -0.2) is 4.68 Å². The number of carboxylic acids is 1. The van der Waals surface area contributed by atoms with E-state index < -0.39 is 11.9 Å². The molecule has 1 aromatic heterocycles. The molecule has 0 aliphatic heterocycles. The van der Waals surface area contributed by atoms with Gasteiger partial charge in [-0.3, -0.25) is 4.79 Å². The summed E-state index contributed by atoms with van der Waals surface area (Å²) in [4.78, 5) is 11.0. The summed E-state index contributed by atoms with van der Waals surface area (Å²) in [5.74, 6) is 1.76. The Morgan fingerprint density at radius 2 is 2.05 bits per heavy atom. The first-order valence-corrected chi connectivity index (χ1v) is 8.14. The lowest BCUT2D eigenvalue weighted by Crippen LogP contribution is -2.29. The van der Waals surface area contributed by atoms with Crippen molar-refractivity contribution in [3.63, 3.8) is 0 Å². The van der Waals surface area contributed by atoms with Crippen molar-refractivity contribution in [3.8, 4) is 0 Å². The largest absolute Gasteiger partial charge is 0.481 e. The molecule has 1 heterocycles. The molecule has 1 N–H and O–H groups in total. The zero-order valence-corrected chi connectivity index (χ0v) is 12.6. The second-order valence-corrected chi connectivity index (χ2v) is 6.77. The normalized spacial score (nSPS) is 30.6. The Morgan fingerprint density at radius 3 is 2.81 bits per heavy atom. The highest BCUT2D eigenvalue weighted by Crippen LogP contribution is 2.45. The highest BCUT2D eigenvalue weighted by molar-refractivity contribution is 5.69. The van der Waals surface area contributed by atoms with Gasteiger partial charge in [0, 0.05) is 5.92 Å². The molecule has 0 radical (unpaired) electrons. The van der Waals surface area contributed by atoms with Crippen LogP contribution in [0, 0.1) is 17.8 Å². The maximum Gasteiger partial charge on any atom is 0.308 e. The van der Waals surface area contributed by atoms with Gasteiger partial charge in [-0.2, -0.15) is 0 Å². The minimum Gasteiger partial charge on any atom is -0.481 e. The lowest BCUT2D eigenvalue weighted by Gasteiger charge is -2.38. The Kier molecular flexibility index (Phi) is 4.22. The van der Waals surface area contributed by atoms with Crippen LogP contribution in [0.1, 0.15) is 63.6 Å². The maximum atomic E-state index is 11.0. The summed E-state index contributed by atoms with van der Waals surface area (Å²) in [5, 5.41) is 21.0. The molecule has 0 amide bonds. The fourth-order valence-electron chi connectivity index (χ4n) is 4.08. The zero-order chi connectivity index (χ0) is 14.8. The van der Waals surface area contributed by atoms with Crippen LogP contribution < -0.4 is 0 Å². The van der Waals surface area contributed by atoms with Crippen molar-refractivity contribution < 1.29 is 9.90 Å². The molecule has 2 saturated carbocycles. The molecule has 6 heteroatoms. The average Bonchev–Trinajstić information content (AvgIpc) is 2.94. The molecule has 21 heavy (non-hydrogen) atoms. The maximum absolute atomic E-state index is 11.0. The Bertz CT molecular complexity index is 502. The van der Waals surface area contributed by atoms with Gasteiger partial charge in [0.1, 0.15) is 0 Å². The van der Waals surface area contributed by atoms with Crippen LogP contribution in [0.3, 0.4) is 0 Å². The molecule has 2 aliphatic rings. The van der Waals surface area contributed by atoms with Gasteiger partial charge in [-0.1, -0.05) is 32.6 Å². The highest BCUT2D eigenvalue weighted by atomic mass is 16.4. The van der Waals surface area contributed by atoms with Gasteiger partial charge in [0.25, 0.3) is 0 Å². The van der Waals surface area contributed by atoms with Crippen LogP contribution in [0.5, 0.6) is 0 Å². The van der Waals surface area contributed by atoms with Gasteiger partial charge >= 0.3 is 5.97 Å². The van der Waals surface area contributed by atoms with E-state index in [4.69, 9.17) is 5.11 Å². The number of aromatic nitrogens is 4. The van der Waals surface area contributed by atoms with Gasteiger partial charge in [0.2, 0.25) is 0 Å². The van der Waals surface area contributed by atoms with Gasteiger partial charge < -0.3 is 5.11 Å². The minimum atomic E-state index is -0.799. The van der Waals surface area contributed by atoms with Crippen molar-refractivity contribution in [1.82, 2.24) is 20.2 Å². The first kappa shape index (κ1) is 14.5. The minimum absolute atomic E-state index is 0.363. The third kappa shape index (κ3) is 3.09. The fraction of sp³-hybridized carbons (Fsp3) is 0.867. The lowest BCUT2D eigenvalue weighted by atomic mass is 9.67. The Labute approximate surface area is 124 Å². The van der Waals surface area contributed by atoms with Gasteiger partial charge in [0.05, 0.1) is 12.5 Å². The van der Waals surface area contributed by atoms with E-state index in [0.717, 1.165) is 24.1 Å². The number of tetrazole rings is 1. The number of carbonyl (C=O) groups is 1. The molecule has 2 aliphatic carbocycles. The number of fused-ring (bicyclic) bond motifs is 1. The van der Waals surface area contributed by atoms with E-state index in [0.29, 0.717) is 12.5 Å². The van der Waals surface area contributed by atoms with Crippen LogP contribution in [-0.4, -0.2) is 31.3 Å². The van der Waals surface area contributed by atoms with Crippen LogP contribution >= 0.6 is 0 Å². The number of nitrogens with zero attached hydrogens (tertiary/aromatic N) is 4. The van der Waals surface area contributed by atoms with Crippen molar-refractivity contribution in [2.24, 2.45) is 17.8 Å². The second-order valence-electron chi connectivity index (χ2n) is 6.77. The van der Waals surface area contributed by atoms with Crippen LogP contribution in [0.4, 0.5) is 0 Å². The first-order chi connectivity index (χ1) is 10.1. The number of hydrogen-bond acceptors (Lipinski definition) is 4. The third-order valence-corrected chi connectivity index (χ3v) is 5.33. The topological polar surface area (TPSA) is 80.9 Å². The Balaban J connectivity index is 1.69. The monoisotopic (exact) mass is 292 g/mol. The summed E-state index contributed by atoms with van der Waals surface area (Å²) in [5.41, 5.74) is 0. The standard InChI is InChI=1S/C15H24N4O2/c1-10(15(20)21)9-19-14(16-17-18-19)13-7-6-11-4-2-3-5-12(11)8-13/h10-13H,2-9H2,1H3,(H,20,21).